The zero-order valence-electron chi connectivity index (χ0n) is 16.1. The van der Waals surface area contributed by atoms with Gasteiger partial charge in [0.05, 0.1) is 22.3 Å². The van der Waals surface area contributed by atoms with Crippen LogP contribution in [0.4, 0.5) is 10.5 Å². The number of anilines is 1. The summed E-state index contributed by atoms with van der Waals surface area (Å²) < 4.78 is 6.70. The molecule has 0 aliphatic heterocycles. The lowest BCUT2D eigenvalue weighted by Crippen LogP contribution is -2.13. The van der Waals surface area contributed by atoms with Gasteiger partial charge in [-0.3, -0.25) is 10.1 Å². The summed E-state index contributed by atoms with van der Waals surface area (Å²) in [6, 6.07) is 12.7. The summed E-state index contributed by atoms with van der Waals surface area (Å²) in [5.41, 5.74) is 3.07. The van der Waals surface area contributed by atoms with Gasteiger partial charge in [0, 0.05) is 17.4 Å². The summed E-state index contributed by atoms with van der Waals surface area (Å²) in [6.45, 7) is 2.07. The number of allylic oxidation sites excluding steroid dienone is 1. The number of thiophene rings is 1. The largest absolute Gasteiger partial charge is 0.445 e. The second-order valence-electron chi connectivity index (χ2n) is 6.30. The SMILES string of the molecule is C/C=C/COC(=O)Nc1cccc(-c2ccnc3c(C(=O)c4cccs4)cnn23)c1. The monoisotopic (exact) mass is 418 g/mol. The number of fused-ring (bicyclic) bond motifs is 1. The predicted octanol–water partition coefficient (Wildman–Crippen LogP) is 4.81. The number of carbonyl (C=O) groups is 2. The van der Waals surface area contributed by atoms with Gasteiger partial charge in [-0.25, -0.2) is 14.3 Å². The minimum atomic E-state index is -0.534. The van der Waals surface area contributed by atoms with Gasteiger partial charge in [0.25, 0.3) is 0 Å². The molecule has 4 rings (SSSR count). The van der Waals surface area contributed by atoms with Gasteiger partial charge in [-0.05, 0) is 36.6 Å². The third-order valence-corrected chi connectivity index (χ3v) is 5.21. The first-order valence-corrected chi connectivity index (χ1v) is 10.1. The Labute approximate surface area is 176 Å². The lowest BCUT2D eigenvalue weighted by molar-refractivity contribution is 0.104. The normalized spacial score (nSPS) is 11.1. The van der Waals surface area contributed by atoms with E-state index in [1.807, 2.05) is 48.7 Å². The maximum Gasteiger partial charge on any atom is 0.411 e. The van der Waals surface area contributed by atoms with Gasteiger partial charge < -0.3 is 4.74 Å². The van der Waals surface area contributed by atoms with Crippen LogP contribution < -0.4 is 5.32 Å². The molecule has 0 saturated heterocycles. The molecule has 0 atom stereocenters. The van der Waals surface area contributed by atoms with E-state index >= 15 is 0 Å². The number of amides is 1. The average molecular weight is 418 g/mol. The molecule has 4 aromatic rings. The third kappa shape index (κ3) is 3.99. The van der Waals surface area contributed by atoms with E-state index in [4.69, 9.17) is 4.74 Å². The molecule has 1 amide bonds. The van der Waals surface area contributed by atoms with Gasteiger partial charge in [-0.15, -0.1) is 11.3 Å². The number of nitrogens with zero attached hydrogens (tertiary/aromatic N) is 3. The average Bonchev–Trinajstić information content (AvgIpc) is 3.44. The van der Waals surface area contributed by atoms with E-state index in [1.165, 1.54) is 17.5 Å². The van der Waals surface area contributed by atoms with E-state index in [-0.39, 0.29) is 12.4 Å². The van der Waals surface area contributed by atoms with Crippen LogP contribution in [0.3, 0.4) is 0 Å². The van der Waals surface area contributed by atoms with Crippen molar-refractivity contribution in [1.29, 1.82) is 0 Å². The number of benzene rings is 1. The second kappa shape index (κ2) is 8.71. The highest BCUT2D eigenvalue weighted by atomic mass is 32.1. The standard InChI is InChI=1S/C22H18N4O3S/c1-2-3-11-29-22(28)25-16-7-4-6-15(13-16)18-9-10-23-21-17(14-24-26(18)21)20(27)19-8-5-12-30-19/h2-10,12-14H,11H2,1H3,(H,25,28)/b3-2+. The fraction of sp³-hybridized carbons (Fsp3) is 0.0909. The van der Waals surface area contributed by atoms with Crippen molar-refractivity contribution in [1.82, 2.24) is 14.6 Å². The number of ether oxygens (including phenoxy) is 1. The Hall–Kier alpha value is -3.78. The molecule has 0 bridgehead atoms. The van der Waals surface area contributed by atoms with Gasteiger partial charge in [-0.1, -0.05) is 30.4 Å². The van der Waals surface area contributed by atoms with E-state index in [0.29, 0.717) is 21.8 Å². The zero-order chi connectivity index (χ0) is 20.9. The fourth-order valence-corrected chi connectivity index (χ4v) is 3.62. The number of hydrogen-bond donors (Lipinski definition) is 1. The van der Waals surface area contributed by atoms with E-state index in [1.54, 1.807) is 28.9 Å². The van der Waals surface area contributed by atoms with Crippen LogP contribution in [0.25, 0.3) is 16.9 Å². The molecule has 0 aliphatic carbocycles. The van der Waals surface area contributed by atoms with Crippen molar-refractivity contribution in [3.63, 3.8) is 0 Å². The van der Waals surface area contributed by atoms with E-state index < -0.39 is 6.09 Å². The summed E-state index contributed by atoms with van der Waals surface area (Å²) in [4.78, 5) is 29.7. The Morgan fingerprint density at radius 2 is 2.13 bits per heavy atom. The molecule has 0 spiro atoms. The molecule has 3 aromatic heterocycles. The Bertz CT molecular complexity index is 1230. The van der Waals surface area contributed by atoms with Crippen molar-refractivity contribution >= 4 is 34.5 Å². The van der Waals surface area contributed by atoms with Crippen LogP contribution in [0.5, 0.6) is 0 Å². The molecule has 150 valence electrons. The van der Waals surface area contributed by atoms with Gasteiger partial charge in [0.15, 0.2) is 5.65 Å². The molecule has 0 radical (unpaired) electrons. The quantitative estimate of drug-likeness (QED) is 0.359. The summed E-state index contributed by atoms with van der Waals surface area (Å²) in [5, 5.41) is 8.95. The third-order valence-electron chi connectivity index (χ3n) is 4.34. The first-order chi connectivity index (χ1) is 14.7. The van der Waals surface area contributed by atoms with Crippen molar-refractivity contribution < 1.29 is 14.3 Å². The number of carbonyl (C=O) groups excluding carboxylic acids is 2. The lowest BCUT2D eigenvalue weighted by Gasteiger charge is -2.09. The van der Waals surface area contributed by atoms with Crippen molar-refractivity contribution in [2.45, 2.75) is 6.92 Å². The summed E-state index contributed by atoms with van der Waals surface area (Å²) >= 11 is 1.38. The molecule has 7 nitrogen and oxygen atoms in total. The summed E-state index contributed by atoms with van der Waals surface area (Å²) in [7, 11) is 0. The Kier molecular flexibility index (Phi) is 5.67. The van der Waals surface area contributed by atoms with Crippen LogP contribution >= 0.6 is 11.3 Å². The summed E-state index contributed by atoms with van der Waals surface area (Å²) in [5.74, 6) is -0.107. The van der Waals surface area contributed by atoms with Gasteiger partial charge in [-0.2, -0.15) is 5.10 Å². The van der Waals surface area contributed by atoms with Gasteiger partial charge >= 0.3 is 6.09 Å². The van der Waals surface area contributed by atoms with E-state index in [9.17, 15) is 9.59 Å². The van der Waals surface area contributed by atoms with Crippen molar-refractivity contribution in [3.05, 3.63) is 82.8 Å². The van der Waals surface area contributed by atoms with Crippen molar-refractivity contribution in [2.24, 2.45) is 0 Å². The predicted molar refractivity (Wildman–Crippen MR) is 116 cm³/mol. The minimum absolute atomic E-state index is 0.107. The van der Waals surface area contributed by atoms with Crippen LogP contribution in [0.15, 0.2) is 72.4 Å². The smallest absolute Gasteiger partial charge is 0.411 e. The lowest BCUT2D eigenvalue weighted by atomic mass is 10.1. The van der Waals surface area contributed by atoms with Crippen LogP contribution in [-0.2, 0) is 4.74 Å². The van der Waals surface area contributed by atoms with E-state index in [2.05, 4.69) is 15.4 Å². The topological polar surface area (TPSA) is 85.6 Å². The van der Waals surface area contributed by atoms with Crippen LogP contribution in [0, 0.1) is 0 Å². The summed E-state index contributed by atoms with van der Waals surface area (Å²) in [6.07, 6.45) is 6.20. The van der Waals surface area contributed by atoms with Gasteiger partial charge in [0.1, 0.15) is 6.61 Å². The first kappa shape index (κ1) is 19.5. The molecular formula is C22H18N4O3S. The fourth-order valence-electron chi connectivity index (χ4n) is 2.94. The maximum absolute atomic E-state index is 12.8. The molecule has 1 aromatic carbocycles. The number of nitrogens with one attached hydrogen (secondary N) is 1. The molecule has 0 unspecified atom stereocenters. The highest BCUT2D eigenvalue weighted by molar-refractivity contribution is 7.12. The van der Waals surface area contributed by atoms with Crippen LogP contribution in [0.2, 0.25) is 0 Å². The number of rotatable bonds is 6. The molecule has 8 heteroatoms. The van der Waals surface area contributed by atoms with E-state index in [0.717, 1.165) is 11.3 Å². The highest BCUT2D eigenvalue weighted by Crippen LogP contribution is 2.25. The molecule has 0 fully saturated rings. The Balaban J connectivity index is 1.64. The number of hydrogen-bond acceptors (Lipinski definition) is 6. The first-order valence-electron chi connectivity index (χ1n) is 9.23. The van der Waals surface area contributed by atoms with Crippen molar-refractivity contribution in [3.8, 4) is 11.3 Å². The van der Waals surface area contributed by atoms with Crippen LogP contribution in [0.1, 0.15) is 22.2 Å². The highest BCUT2D eigenvalue weighted by Gasteiger charge is 2.18. The van der Waals surface area contributed by atoms with Gasteiger partial charge in [0.2, 0.25) is 5.78 Å². The number of ketones is 1. The molecule has 0 saturated carbocycles. The second-order valence-corrected chi connectivity index (χ2v) is 7.25. The molecular weight excluding hydrogens is 400 g/mol. The number of aromatic nitrogens is 3. The molecule has 3 heterocycles. The maximum atomic E-state index is 12.8. The molecule has 30 heavy (non-hydrogen) atoms. The molecule has 0 aliphatic rings. The Morgan fingerprint density at radius 1 is 1.23 bits per heavy atom. The van der Waals surface area contributed by atoms with Crippen LogP contribution in [-0.4, -0.2) is 33.1 Å². The molecule has 1 N–H and O–H groups in total. The zero-order valence-corrected chi connectivity index (χ0v) is 16.9. The minimum Gasteiger partial charge on any atom is -0.445 e. The van der Waals surface area contributed by atoms with Crippen molar-refractivity contribution in [2.75, 3.05) is 11.9 Å². The Morgan fingerprint density at radius 3 is 2.93 bits per heavy atom.